The van der Waals surface area contributed by atoms with E-state index in [1.165, 1.54) is 24.3 Å². The van der Waals surface area contributed by atoms with E-state index in [1.54, 1.807) is 4.68 Å². The zero-order valence-electron chi connectivity index (χ0n) is 17.8. The Morgan fingerprint density at radius 3 is 2.41 bits per heavy atom. The van der Waals surface area contributed by atoms with Gasteiger partial charge in [0.25, 0.3) is 0 Å². The minimum Gasteiger partial charge on any atom is -0.324 e. The van der Waals surface area contributed by atoms with Crippen molar-refractivity contribution in [3.8, 4) is 11.3 Å². The zero-order valence-corrected chi connectivity index (χ0v) is 17.8. The maximum Gasteiger partial charge on any atom is 0.246 e. The highest BCUT2D eigenvalue weighted by molar-refractivity contribution is 6.08. The molecule has 0 radical (unpaired) electrons. The van der Waals surface area contributed by atoms with Crippen LogP contribution in [0.25, 0.3) is 33.1 Å². The summed E-state index contributed by atoms with van der Waals surface area (Å²) in [5.74, 6) is -0.591. The number of hydrogen-bond acceptors (Lipinski definition) is 3. The molecule has 1 N–H and O–H groups in total. The molecule has 5 aromatic rings. The normalized spacial score (nSPS) is 11.2. The third-order valence-corrected chi connectivity index (χ3v) is 5.48. The van der Waals surface area contributed by atoms with Gasteiger partial charge in [-0.2, -0.15) is 5.10 Å². The first-order valence-electron chi connectivity index (χ1n) is 10.4. The van der Waals surface area contributed by atoms with E-state index >= 15 is 0 Å². The first-order chi connectivity index (χ1) is 15.5. The number of amides is 1. The van der Waals surface area contributed by atoms with Crippen LogP contribution in [0.2, 0.25) is 0 Å². The van der Waals surface area contributed by atoms with Crippen molar-refractivity contribution in [1.29, 1.82) is 0 Å². The molecule has 0 atom stereocenters. The number of carbonyl (C=O) groups is 1. The molecule has 2 heterocycles. The predicted octanol–water partition coefficient (Wildman–Crippen LogP) is 5.65. The van der Waals surface area contributed by atoms with E-state index in [4.69, 9.17) is 5.10 Å². The molecule has 158 valence electrons. The van der Waals surface area contributed by atoms with Crippen LogP contribution in [0.15, 0.2) is 72.9 Å². The van der Waals surface area contributed by atoms with Crippen molar-refractivity contribution >= 4 is 33.4 Å². The molecule has 0 saturated carbocycles. The van der Waals surface area contributed by atoms with Crippen LogP contribution in [0, 0.1) is 19.7 Å². The molecule has 32 heavy (non-hydrogen) atoms. The van der Waals surface area contributed by atoms with Gasteiger partial charge in [-0.05, 0) is 50.2 Å². The molecule has 5 nitrogen and oxygen atoms in total. The number of rotatable bonds is 4. The summed E-state index contributed by atoms with van der Waals surface area (Å²) in [4.78, 5) is 17.5. The fraction of sp³-hybridized carbons (Fsp3) is 0.115. The molecule has 0 fully saturated rings. The lowest BCUT2D eigenvalue weighted by molar-refractivity contribution is -0.116. The molecule has 0 aliphatic heterocycles. The second-order valence-corrected chi connectivity index (χ2v) is 7.97. The summed E-state index contributed by atoms with van der Waals surface area (Å²) in [6, 6.07) is 19.9. The highest BCUT2D eigenvalue weighted by Crippen LogP contribution is 2.32. The van der Waals surface area contributed by atoms with Crippen LogP contribution >= 0.6 is 0 Å². The molecule has 0 aliphatic carbocycles. The Hall–Kier alpha value is -4.06. The average Bonchev–Trinajstić information content (AvgIpc) is 3.14. The van der Waals surface area contributed by atoms with Crippen LogP contribution in [0.5, 0.6) is 0 Å². The number of hydrogen-bond donors (Lipinski definition) is 1. The zero-order chi connectivity index (χ0) is 22.2. The number of aryl methyl sites for hydroxylation is 2. The number of nitrogens with zero attached hydrogens (tertiary/aromatic N) is 3. The van der Waals surface area contributed by atoms with Gasteiger partial charge in [0.1, 0.15) is 18.1 Å². The lowest BCUT2D eigenvalue weighted by Crippen LogP contribution is -2.19. The van der Waals surface area contributed by atoms with Crippen molar-refractivity contribution in [3.05, 3.63) is 89.9 Å². The fourth-order valence-corrected chi connectivity index (χ4v) is 3.88. The van der Waals surface area contributed by atoms with E-state index in [0.29, 0.717) is 5.69 Å². The average molecular weight is 424 g/mol. The molecule has 0 bridgehead atoms. The molecule has 5 rings (SSSR count). The van der Waals surface area contributed by atoms with E-state index < -0.39 is 0 Å². The van der Waals surface area contributed by atoms with Gasteiger partial charge in [0.05, 0.1) is 11.0 Å². The van der Waals surface area contributed by atoms with Crippen molar-refractivity contribution in [2.24, 2.45) is 0 Å². The molecule has 0 spiro atoms. The quantitative estimate of drug-likeness (QED) is 0.406. The maximum absolute atomic E-state index is 13.2. The van der Waals surface area contributed by atoms with Gasteiger partial charge in [-0.1, -0.05) is 41.5 Å². The van der Waals surface area contributed by atoms with Crippen LogP contribution < -0.4 is 5.32 Å². The third kappa shape index (κ3) is 3.71. The lowest BCUT2D eigenvalue weighted by Gasteiger charge is -2.08. The van der Waals surface area contributed by atoms with E-state index in [-0.39, 0.29) is 18.3 Å². The van der Waals surface area contributed by atoms with Crippen LogP contribution in [-0.2, 0) is 11.3 Å². The smallest absolute Gasteiger partial charge is 0.246 e. The Balaban J connectivity index is 1.63. The molecular formula is C26H21FN4O. The standard InChI is InChI=1S/C26H21FN4O/c1-16-3-6-18(7-4-16)25-22-14-28-23-12-5-17(2)13-21(23)26(22)31(30-25)15-24(32)29-20-10-8-19(27)9-11-20/h3-14H,15H2,1-2H3,(H,29,32). The molecular weight excluding hydrogens is 403 g/mol. The number of carbonyl (C=O) groups excluding carboxylic acids is 1. The van der Waals surface area contributed by atoms with Gasteiger partial charge in [0.2, 0.25) is 5.91 Å². The monoisotopic (exact) mass is 424 g/mol. The number of pyridine rings is 1. The third-order valence-electron chi connectivity index (χ3n) is 5.48. The second kappa shape index (κ2) is 7.89. The van der Waals surface area contributed by atoms with Crippen LogP contribution in [0.4, 0.5) is 10.1 Å². The van der Waals surface area contributed by atoms with Crippen LogP contribution in [0.1, 0.15) is 11.1 Å². The van der Waals surface area contributed by atoms with Gasteiger partial charge in [-0.15, -0.1) is 0 Å². The molecule has 0 saturated heterocycles. The number of fused-ring (bicyclic) bond motifs is 3. The Labute approximate surface area is 184 Å². The number of nitrogens with one attached hydrogen (secondary N) is 1. The molecule has 6 heteroatoms. The van der Waals surface area contributed by atoms with Crippen molar-refractivity contribution in [2.45, 2.75) is 20.4 Å². The first-order valence-corrected chi connectivity index (χ1v) is 10.4. The van der Waals surface area contributed by atoms with Crippen molar-refractivity contribution in [2.75, 3.05) is 5.32 Å². The maximum atomic E-state index is 13.2. The van der Waals surface area contributed by atoms with E-state index in [0.717, 1.165) is 44.2 Å². The van der Waals surface area contributed by atoms with Crippen molar-refractivity contribution < 1.29 is 9.18 Å². The molecule has 1 amide bonds. The fourth-order valence-electron chi connectivity index (χ4n) is 3.88. The van der Waals surface area contributed by atoms with E-state index in [2.05, 4.69) is 16.4 Å². The SMILES string of the molecule is Cc1ccc(-c2nn(CC(=O)Nc3ccc(F)cc3)c3c2cnc2ccc(C)cc23)cc1. The molecule has 3 aromatic carbocycles. The van der Waals surface area contributed by atoms with Gasteiger partial charge in [-0.25, -0.2) is 4.39 Å². The van der Waals surface area contributed by atoms with Gasteiger partial charge in [0.15, 0.2) is 0 Å². The molecule has 0 unspecified atom stereocenters. The highest BCUT2D eigenvalue weighted by atomic mass is 19.1. The first kappa shape index (κ1) is 19.9. The van der Waals surface area contributed by atoms with Crippen molar-refractivity contribution in [3.63, 3.8) is 0 Å². The van der Waals surface area contributed by atoms with E-state index in [9.17, 15) is 9.18 Å². The summed E-state index contributed by atoms with van der Waals surface area (Å²) in [6.45, 7) is 4.09. The highest BCUT2D eigenvalue weighted by Gasteiger charge is 2.18. The summed E-state index contributed by atoms with van der Waals surface area (Å²) in [6.07, 6.45) is 1.82. The summed E-state index contributed by atoms with van der Waals surface area (Å²) in [5.41, 5.74) is 6.26. The number of halogens is 1. The Kier molecular flexibility index (Phi) is 4.90. The Morgan fingerprint density at radius 1 is 0.938 bits per heavy atom. The minimum absolute atomic E-state index is 0.0206. The van der Waals surface area contributed by atoms with Crippen LogP contribution in [0.3, 0.4) is 0 Å². The van der Waals surface area contributed by atoms with Crippen LogP contribution in [-0.4, -0.2) is 20.7 Å². The number of benzene rings is 3. The van der Waals surface area contributed by atoms with Gasteiger partial charge >= 0.3 is 0 Å². The summed E-state index contributed by atoms with van der Waals surface area (Å²) in [5, 5.41) is 9.47. The topological polar surface area (TPSA) is 59.8 Å². The minimum atomic E-state index is -0.349. The van der Waals surface area contributed by atoms with Gasteiger partial charge < -0.3 is 5.32 Å². The Morgan fingerprint density at radius 2 is 1.66 bits per heavy atom. The summed E-state index contributed by atoms with van der Waals surface area (Å²) < 4.78 is 14.9. The lowest BCUT2D eigenvalue weighted by atomic mass is 10.0. The second-order valence-electron chi connectivity index (χ2n) is 7.97. The molecule has 2 aromatic heterocycles. The summed E-state index contributed by atoms with van der Waals surface area (Å²) >= 11 is 0. The number of aromatic nitrogens is 3. The van der Waals surface area contributed by atoms with E-state index in [1.807, 2.05) is 56.4 Å². The van der Waals surface area contributed by atoms with Crippen molar-refractivity contribution in [1.82, 2.24) is 14.8 Å². The molecule has 0 aliphatic rings. The number of anilines is 1. The predicted molar refractivity (Wildman–Crippen MR) is 125 cm³/mol. The Bertz CT molecular complexity index is 1450. The van der Waals surface area contributed by atoms with Gasteiger partial charge in [0, 0.05) is 28.2 Å². The van der Waals surface area contributed by atoms with Gasteiger partial charge in [-0.3, -0.25) is 14.5 Å². The summed E-state index contributed by atoms with van der Waals surface area (Å²) in [7, 11) is 0. The largest absolute Gasteiger partial charge is 0.324 e.